The number of benzene rings is 3. The van der Waals surface area contributed by atoms with Crippen LogP contribution in [-0.4, -0.2) is 238 Å². The van der Waals surface area contributed by atoms with Crippen molar-refractivity contribution < 1.29 is 58.3 Å². The van der Waals surface area contributed by atoms with E-state index < -0.39 is 22.9 Å². The van der Waals surface area contributed by atoms with Crippen LogP contribution in [0.25, 0.3) is 28.1 Å². The van der Waals surface area contributed by atoms with E-state index in [-0.39, 0.29) is 75.2 Å². The number of urea groups is 1. The van der Waals surface area contributed by atoms with Crippen molar-refractivity contribution in [2.75, 3.05) is 162 Å². The van der Waals surface area contributed by atoms with E-state index in [1.807, 2.05) is 59.7 Å². The maximum atomic E-state index is 13.1. The molecule has 0 unspecified atom stereocenters. The number of methoxy groups -OCH3 is 1. The number of anilines is 3. The van der Waals surface area contributed by atoms with Crippen molar-refractivity contribution in [2.45, 2.75) is 32.9 Å². The van der Waals surface area contributed by atoms with Gasteiger partial charge in [0.15, 0.2) is 0 Å². The second kappa shape index (κ2) is 34.6. The highest BCUT2D eigenvalue weighted by molar-refractivity contribution is 6.34. The van der Waals surface area contributed by atoms with E-state index in [2.05, 4.69) is 26.6 Å². The first kappa shape index (κ1) is 69.2. The normalized spacial score (nSPS) is 15.5. The molecular weight excluding hydrogens is 1160 g/mol. The highest BCUT2D eigenvalue weighted by Gasteiger charge is 2.30. The molecule has 28 heteroatoms. The van der Waals surface area contributed by atoms with Crippen LogP contribution in [0.15, 0.2) is 64.2 Å². The van der Waals surface area contributed by atoms with Gasteiger partial charge in [-0.1, -0.05) is 35.3 Å². The number of aromatic nitrogens is 2. The molecule has 26 nitrogen and oxygen atoms in total. The molecule has 0 atom stereocenters. The number of carbonyl (C=O) groups excluding carboxylic acids is 5. The lowest BCUT2D eigenvalue weighted by Crippen LogP contribution is -2.52. The largest absolute Gasteiger partial charge is 0.496 e. The van der Waals surface area contributed by atoms with E-state index in [0.717, 1.165) is 73.4 Å². The van der Waals surface area contributed by atoms with Crippen molar-refractivity contribution in [1.82, 2.24) is 44.9 Å². The summed E-state index contributed by atoms with van der Waals surface area (Å²) in [5, 5.41) is 43.5. The maximum absolute atomic E-state index is 13.1. The van der Waals surface area contributed by atoms with Crippen LogP contribution in [0.5, 0.6) is 11.5 Å². The Morgan fingerprint density at radius 3 is 1.84 bits per heavy atom. The fourth-order valence-electron chi connectivity index (χ4n) is 9.68. The number of carboxylic acids is 1. The van der Waals surface area contributed by atoms with Crippen LogP contribution in [-0.2, 0) is 35.3 Å². The van der Waals surface area contributed by atoms with E-state index in [1.165, 1.54) is 0 Å². The zero-order valence-corrected chi connectivity index (χ0v) is 50.8. The molecule has 0 saturated carbocycles. The molecule has 5 aromatic rings. The summed E-state index contributed by atoms with van der Waals surface area (Å²) < 4.78 is 19.0. The lowest BCUT2D eigenvalue weighted by atomic mass is 9.96. The summed E-state index contributed by atoms with van der Waals surface area (Å²) in [6, 6.07) is 15.8. The number of halogens is 2. The Morgan fingerprint density at radius 1 is 0.733 bits per heavy atom. The Bertz CT molecular complexity index is 3130. The average molecular weight is 1240 g/mol. The molecule has 0 aliphatic carbocycles. The van der Waals surface area contributed by atoms with Gasteiger partial charge in [-0.15, -0.1) is 0 Å². The Balaban J connectivity index is 0.000000859. The van der Waals surface area contributed by atoms with Gasteiger partial charge in [0.25, 0.3) is 10.9 Å². The molecule has 0 radical (unpaired) electrons. The number of aliphatic carboxylic acids is 1. The lowest BCUT2D eigenvalue weighted by molar-refractivity contribution is -0.138. The number of carboxylic acid groups (broad SMARTS) is 1. The molecule has 0 bridgehead atoms. The van der Waals surface area contributed by atoms with Gasteiger partial charge in [-0.3, -0.25) is 43.6 Å². The van der Waals surface area contributed by atoms with Crippen molar-refractivity contribution in [3.63, 3.8) is 0 Å². The summed E-state index contributed by atoms with van der Waals surface area (Å²) in [5.74, 6) is -0.132. The van der Waals surface area contributed by atoms with E-state index in [0.29, 0.717) is 105 Å². The van der Waals surface area contributed by atoms with Gasteiger partial charge in [-0.25, -0.2) is 9.48 Å². The van der Waals surface area contributed by atoms with E-state index in [9.17, 15) is 43.5 Å². The van der Waals surface area contributed by atoms with Gasteiger partial charge in [0.2, 0.25) is 12.3 Å². The highest BCUT2D eigenvalue weighted by atomic mass is 35.5. The molecule has 1 aromatic heterocycles. The molecule has 0 spiro atoms. The number of fused-ring (bicyclic) bond motifs is 3. The second-order valence-electron chi connectivity index (χ2n) is 20.4. The summed E-state index contributed by atoms with van der Waals surface area (Å²) in [6.07, 6.45) is 2.50. The lowest BCUT2D eigenvalue weighted by Gasteiger charge is -2.39. The second-order valence-corrected chi connectivity index (χ2v) is 21.3. The number of hydrogen-bond donors (Lipinski definition) is 8. The Morgan fingerprint density at radius 2 is 1.30 bits per heavy atom. The van der Waals surface area contributed by atoms with Gasteiger partial charge in [-0.05, 0) is 62.7 Å². The number of amides is 4. The Hall–Kier alpha value is -7.53. The number of aliphatic hydroxyl groups excluding tert-OH is 2. The van der Waals surface area contributed by atoms with Crippen molar-refractivity contribution >= 4 is 77.2 Å². The number of ether oxygens (including phenoxy) is 3. The van der Waals surface area contributed by atoms with Gasteiger partial charge in [-0.2, -0.15) is 5.10 Å². The molecule has 8 N–H and O–H groups in total. The minimum atomic E-state index is -0.985. The summed E-state index contributed by atoms with van der Waals surface area (Å²) in [7, 11) is 3.57. The highest BCUT2D eigenvalue weighted by Crippen LogP contribution is 2.46. The fourth-order valence-corrected chi connectivity index (χ4v) is 10.2. The van der Waals surface area contributed by atoms with Crippen molar-refractivity contribution in [3.8, 4) is 39.6 Å². The summed E-state index contributed by atoms with van der Waals surface area (Å²) in [5.41, 5.74) is 4.61. The Labute approximate surface area is 508 Å². The van der Waals surface area contributed by atoms with Crippen LogP contribution in [0.4, 0.5) is 21.9 Å². The third kappa shape index (κ3) is 19.5. The molecule has 86 heavy (non-hydrogen) atoms. The SMILES string of the molecule is CC1(C)COCCN1C=O.CO.CO.COc1cc2c(cc1-c1cccc(NC(=O)NCCNc3c(NCCNC(=O)CN4CCN(CC=O)CCN(CC=O)CCN(CC(=O)O)CC4)c(=O)c3=O)c1)-c1c(c(C)nn1-c1cc(Cl)cc(Cl)c1)CO2. The average Bonchev–Trinajstić information content (AvgIpc) is 1.62. The van der Waals surface area contributed by atoms with Crippen molar-refractivity contribution in [1.29, 1.82) is 0 Å². The van der Waals surface area contributed by atoms with E-state index >= 15 is 0 Å². The molecule has 4 heterocycles. The molecule has 3 aliphatic heterocycles. The number of aliphatic hydroxyl groups is 2. The van der Waals surface area contributed by atoms with E-state index in [4.69, 9.17) is 52.7 Å². The quantitative estimate of drug-likeness (QED) is 0.0297. The first-order chi connectivity index (χ1) is 41.4. The number of rotatable bonds is 21. The summed E-state index contributed by atoms with van der Waals surface area (Å²) in [6.45, 7) is 12.5. The molecule has 2 fully saturated rings. The molecule has 3 aliphatic rings. The number of carbonyl (C=O) groups is 6. The first-order valence-electron chi connectivity index (χ1n) is 27.7. The summed E-state index contributed by atoms with van der Waals surface area (Å²) >= 11 is 12.8. The standard InChI is InChI=1S/C49H57Cl2N11O10.C7H13NO2.2CH4O/c1-31-39-30-72-41-27-40(71-2)37(26-38(41)46(39)62(57-31)36-24-33(50)23-34(51)25-36)32-4-3-5-35(22-32)56-49(70)55-9-8-54-45-44(47(68)48(45)69)53-7-6-52-42(65)28-60-14-12-58(18-20-63)10-11-59(19-21-64)13-15-61(17-16-60)29-43(66)67;1-7(2)5-10-4-3-8(7)6-9;2*1-2/h3-5,20-27,53-54H,6-19,28-30H2,1-2H3,(H,52,65)(H,66,67)(H2,55,56,70);6H,3-5H2,1-2H3;2*2H,1H3. The third-order valence-corrected chi connectivity index (χ3v) is 14.6. The Kier molecular flexibility index (Phi) is 27.8. The minimum absolute atomic E-state index is 0.00227. The minimum Gasteiger partial charge on any atom is -0.496 e. The van der Waals surface area contributed by atoms with Crippen LogP contribution in [0.2, 0.25) is 10.0 Å². The number of nitrogens with zero attached hydrogens (tertiary/aromatic N) is 7. The predicted octanol–water partition coefficient (Wildman–Crippen LogP) is 2.25. The molecular formula is C58H78Cl2N12O14. The van der Waals surface area contributed by atoms with Crippen LogP contribution < -0.4 is 46.9 Å². The topological polar surface area (TPSA) is 319 Å². The van der Waals surface area contributed by atoms with Crippen LogP contribution in [0, 0.1) is 6.92 Å². The number of hydrogen-bond acceptors (Lipinski definition) is 20. The van der Waals surface area contributed by atoms with Crippen molar-refractivity contribution in [3.05, 3.63) is 96.3 Å². The number of nitrogens with one attached hydrogen (secondary N) is 5. The van der Waals surface area contributed by atoms with Crippen molar-refractivity contribution in [2.24, 2.45) is 0 Å². The van der Waals surface area contributed by atoms with Crippen LogP contribution in [0.3, 0.4) is 0 Å². The molecule has 4 amide bonds. The van der Waals surface area contributed by atoms with Gasteiger partial charge in [0, 0.05) is 138 Å². The predicted molar refractivity (Wildman–Crippen MR) is 328 cm³/mol. The van der Waals surface area contributed by atoms with Gasteiger partial charge in [0.05, 0.1) is 69.1 Å². The van der Waals surface area contributed by atoms with Crippen LogP contribution in [0.1, 0.15) is 25.1 Å². The van der Waals surface area contributed by atoms with Gasteiger partial charge in [0.1, 0.15) is 42.1 Å². The third-order valence-electron chi connectivity index (χ3n) is 14.2. The summed E-state index contributed by atoms with van der Waals surface area (Å²) in [4.78, 5) is 105. The van der Waals surface area contributed by atoms with Gasteiger partial charge < -0.3 is 70.6 Å². The maximum Gasteiger partial charge on any atom is 0.319 e. The smallest absolute Gasteiger partial charge is 0.319 e. The molecule has 8 rings (SSSR count). The van der Waals surface area contributed by atoms with Gasteiger partial charge >= 0.3 is 12.0 Å². The number of aryl methyl sites for hydroxylation is 1. The zero-order chi connectivity index (χ0) is 62.9. The molecule has 4 aromatic carbocycles. The fraction of sp³-hybridized carbons (Fsp3) is 0.466. The zero-order valence-electron chi connectivity index (χ0n) is 49.3. The number of morpholine rings is 1. The van der Waals surface area contributed by atoms with Crippen LogP contribution >= 0.6 is 23.2 Å². The molecule has 468 valence electrons. The molecule has 2 saturated heterocycles. The monoisotopic (exact) mass is 1240 g/mol. The van der Waals surface area contributed by atoms with E-state index in [1.54, 1.807) is 51.9 Å². The first-order valence-corrected chi connectivity index (χ1v) is 28.5. The number of aldehydes is 2.